The number of amides is 3. The minimum atomic E-state index is -1.63. The molecule has 6 nitrogen and oxygen atoms in total. The average Bonchev–Trinajstić information content (AvgIpc) is 3.13. The predicted molar refractivity (Wildman–Crippen MR) is 94.2 cm³/mol. The van der Waals surface area contributed by atoms with Crippen LogP contribution in [0.4, 0.5) is 13.2 Å². The van der Waals surface area contributed by atoms with Crippen molar-refractivity contribution in [3.8, 4) is 0 Å². The highest BCUT2D eigenvalue weighted by Gasteiger charge is 2.48. The van der Waals surface area contributed by atoms with Crippen molar-refractivity contribution in [1.82, 2.24) is 15.5 Å². The first-order valence-electron chi connectivity index (χ1n) is 9.93. The van der Waals surface area contributed by atoms with Crippen molar-refractivity contribution in [3.05, 3.63) is 34.1 Å². The largest absolute Gasteiger partial charge is 0.322 e. The molecule has 9 heteroatoms. The van der Waals surface area contributed by atoms with E-state index in [0.717, 1.165) is 17.7 Å². The molecule has 1 saturated carbocycles. The van der Waals surface area contributed by atoms with Crippen LogP contribution in [0.2, 0.25) is 0 Å². The molecular weight excluding hydrogens is 387 g/mol. The minimum Gasteiger partial charge on any atom is -0.322 e. The van der Waals surface area contributed by atoms with Gasteiger partial charge in [0.25, 0.3) is 5.91 Å². The molecule has 3 heterocycles. The maximum Gasteiger partial charge on any atom is 0.258 e. The van der Waals surface area contributed by atoms with Crippen LogP contribution in [0, 0.1) is 29.3 Å². The second-order valence-electron chi connectivity index (χ2n) is 8.39. The number of imide groups is 1. The topological polar surface area (TPSA) is 78.5 Å². The van der Waals surface area contributed by atoms with E-state index in [2.05, 4.69) is 10.6 Å². The van der Waals surface area contributed by atoms with Crippen molar-refractivity contribution in [2.24, 2.45) is 11.8 Å². The van der Waals surface area contributed by atoms with Crippen molar-refractivity contribution in [1.29, 1.82) is 0 Å². The van der Waals surface area contributed by atoms with Gasteiger partial charge >= 0.3 is 0 Å². The van der Waals surface area contributed by atoms with Gasteiger partial charge in [-0.1, -0.05) is 0 Å². The van der Waals surface area contributed by atoms with Gasteiger partial charge in [0.05, 0.1) is 5.56 Å². The van der Waals surface area contributed by atoms with Crippen LogP contribution in [0.5, 0.6) is 0 Å². The van der Waals surface area contributed by atoms with Crippen LogP contribution in [-0.2, 0) is 16.1 Å². The molecule has 3 atom stereocenters. The fourth-order valence-corrected chi connectivity index (χ4v) is 5.63. The monoisotopic (exact) mass is 407 g/mol. The van der Waals surface area contributed by atoms with Gasteiger partial charge in [-0.2, -0.15) is 0 Å². The Balaban J connectivity index is 1.60. The zero-order valence-electron chi connectivity index (χ0n) is 15.6. The number of nitrogens with zero attached hydrogens (tertiary/aromatic N) is 1. The van der Waals surface area contributed by atoms with Crippen LogP contribution >= 0.6 is 0 Å². The Kier molecular flexibility index (Phi) is 4.20. The lowest BCUT2D eigenvalue weighted by Crippen LogP contribution is -2.52. The summed E-state index contributed by atoms with van der Waals surface area (Å²) < 4.78 is 44.1. The molecule has 3 unspecified atom stereocenters. The maximum atomic E-state index is 15.0. The highest BCUT2D eigenvalue weighted by molar-refractivity contribution is 6.05. The molecule has 0 aromatic heterocycles. The van der Waals surface area contributed by atoms with Crippen LogP contribution in [0.15, 0.2) is 0 Å². The van der Waals surface area contributed by atoms with E-state index in [1.807, 2.05) is 0 Å². The first-order valence-corrected chi connectivity index (χ1v) is 9.93. The molecule has 4 aliphatic rings. The zero-order valence-corrected chi connectivity index (χ0v) is 15.6. The molecular formula is C20H20F3N3O3. The van der Waals surface area contributed by atoms with E-state index >= 15 is 4.39 Å². The Hall–Kier alpha value is -2.42. The molecule has 3 fully saturated rings. The van der Waals surface area contributed by atoms with Gasteiger partial charge in [0, 0.05) is 18.5 Å². The molecule has 0 radical (unpaired) electrons. The molecule has 3 amide bonds. The van der Waals surface area contributed by atoms with Gasteiger partial charge < -0.3 is 10.2 Å². The third-order valence-electron chi connectivity index (χ3n) is 6.93. The van der Waals surface area contributed by atoms with Crippen molar-refractivity contribution in [2.75, 3.05) is 13.1 Å². The number of piperidine rings is 2. The number of hydrogen-bond donors (Lipinski definition) is 2. The molecule has 3 aliphatic heterocycles. The second-order valence-corrected chi connectivity index (χ2v) is 8.39. The summed E-state index contributed by atoms with van der Waals surface area (Å²) in [7, 11) is 0. The van der Waals surface area contributed by atoms with E-state index in [0.29, 0.717) is 13.1 Å². The summed E-state index contributed by atoms with van der Waals surface area (Å²) in [6.07, 6.45) is 1.87. The molecule has 2 bridgehead atoms. The lowest BCUT2D eigenvalue weighted by atomic mass is 9.77. The Morgan fingerprint density at radius 1 is 0.897 bits per heavy atom. The molecule has 29 heavy (non-hydrogen) atoms. The van der Waals surface area contributed by atoms with Crippen LogP contribution in [-0.4, -0.2) is 41.8 Å². The summed E-state index contributed by atoms with van der Waals surface area (Å²) in [5.74, 6) is -6.35. The van der Waals surface area contributed by atoms with E-state index in [4.69, 9.17) is 0 Å². The fourth-order valence-electron chi connectivity index (χ4n) is 5.63. The lowest BCUT2D eigenvalue weighted by molar-refractivity contribution is -0.136. The first-order chi connectivity index (χ1) is 13.9. The molecule has 1 aliphatic carbocycles. The number of halogens is 3. The van der Waals surface area contributed by atoms with Gasteiger partial charge in [-0.05, 0) is 55.7 Å². The second kappa shape index (κ2) is 6.55. The van der Waals surface area contributed by atoms with Crippen molar-refractivity contribution < 1.29 is 27.6 Å². The first kappa shape index (κ1) is 18.6. The number of nitrogens with one attached hydrogen (secondary N) is 2. The van der Waals surface area contributed by atoms with Gasteiger partial charge in [-0.3, -0.25) is 19.7 Å². The predicted octanol–water partition coefficient (Wildman–Crippen LogP) is 1.58. The smallest absolute Gasteiger partial charge is 0.258 e. The number of benzene rings is 1. The van der Waals surface area contributed by atoms with Gasteiger partial charge in [-0.25, -0.2) is 13.2 Å². The summed E-state index contributed by atoms with van der Waals surface area (Å²) >= 11 is 0. The van der Waals surface area contributed by atoms with Gasteiger partial charge in [0.15, 0.2) is 17.5 Å². The Labute approximate surface area is 164 Å². The normalized spacial score (nSPS) is 31.3. The molecule has 5 rings (SSSR count). The van der Waals surface area contributed by atoms with Crippen LogP contribution < -0.4 is 10.6 Å². The van der Waals surface area contributed by atoms with E-state index in [9.17, 15) is 23.2 Å². The van der Waals surface area contributed by atoms with E-state index in [-0.39, 0.29) is 48.3 Å². The number of hydrogen-bond acceptors (Lipinski definition) is 4. The number of rotatable bonds is 2. The third-order valence-corrected chi connectivity index (χ3v) is 6.93. The number of fused-ring (bicyclic) bond motifs is 3. The SMILES string of the molecule is O=C1CCC(N2Cc3c(c(F)c(F)c(F)c3C3C4CCC3CNC4)C2=O)C(=O)N1. The highest BCUT2D eigenvalue weighted by Crippen LogP contribution is 2.50. The number of carbonyl (C=O) groups excluding carboxylic acids is 3. The highest BCUT2D eigenvalue weighted by atomic mass is 19.2. The maximum absolute atomic E-state index is 15.0. The van der Waals surface area contributed by atoms with E-state index in [1.165, 1.54) is 0 Å². The summed E-state index contributed by atoms with van der Waals surface area (Å²) in [5.41, 5.74) is -0.225. The van der Waals surface area contributed by atoms with Crippen LogP contribution in [0.3, 0.4) is 0 Å². The van der Waals surface area contributed by atoms with Crippen molar-refractivity contribution >= 4 is 17.7 Å². The third kappa shape index (κ3) is 2.63. The molecule has 2 saturated heterocycles. The standard InChI is InChI=1S/C20H20F3N3O3/c21-16-14(13-8-1-2-9(13)6-24-5-8)10-7-26(11-3-4-12(27)25-19(11)28)20(29)15(10)17(22)18(16)23/h8-9,11,13,24H,1-7H2,(H,25,27,28). The molecule has 0 spiro atoms. The minimum absolute atomic E-state index is 0.0486. The molecule has 2 N–H and O–H groups in total. The Bertz CT molecular complexity index is 935. The zero-order chi connectivity index (χ0) is 20.4. The molecule has 1 aromatic carbocycles. The quantitative estimate of drug-likeness (QED) is 0.577. The average molecular weight is 407 g/mol. The van der Waals surface area contributed by atoms with Gasteiger partial charge in [0.1, 0.15) is 6.04 Å². The summed E-state index contributed by atoms with van der Waals surface area (Å²) in [6.45, 7) is 1.17. The molecule has 154 valence electrons. The molecule has 1 aromatic rings. The summed E-state index contributed by atoms with van der Waals surface area (Å²) in [4.78, 5) is 37.7. The van der Waals surface area contributed by atoms with Gasteiger partial charge in [0.2, 0.25) is 11.8 Å². The Morgan fingerprint density at radius 2 is 1.59 bits per heavy atom. The van der Waals surface area contributed by atoms with E-state index in [1.54, 1.807) is 0 Å². The van der Waals surface area contributed by atoms with Crippen molar-refractivity contribution in [3.63, 3.8) is 0 Å². The van der Waals surface area contributed by atoms with Crippen LogP contribution in [0.25, 0.3) is 0 Å². The van der Waals surface area contributed by atoms with Gasteiger partial charge in [-0.15, -0.1) is 0 Å². The summed E-state index contributed by atoms with van der Waals surface area (Å²) in [6, 6.07) is -0.962. The summed E-state index contributed by atoms with van der Waals surface area (Å²) in [5, 5.41) is 5.46. The fraction of sp³-hybridized carbons (Fsp3) is 0.550. The van der Waals surface area contributed by atoms with Crippen LogP contribution in [0.1, 0.15) is 53.1 Å². The van der Waals surface area contributed by atoms with E-state index < -0.39 is 46.8 Å². The Morgan fingerprint density at radius 3 is 2.24 bits per heavy atom. The van der Waals surface area contributed by atoms with Crippen molar-refractivity contribution in [2.45, 2.75) is 44.2 Å². The number of carbonyl (C=O) groups is 3. The lowest BCUT2D eigenvalue weighted by Gasteiger charge is -2.33.